The second-order valence-corrected chi connectivity index (χ2v) is 5.44. The highest BCUT2D eigenvalue weighted by molar-refractivity contribution is 6.17. The Morgan fingerprint density at radius 1 is 1.29 bits per heavy atom. The summed E-state index contributed by atoms with van der Waals surface area (Å²) in [7, 11) is 1.59. The first kappa shape index (κ1) is 18.2. The number of hydrogen-bond donors (Lipinski definition) is 1. The number of nitrogens with zero attached hydrogens (tertiary/aromatic N) is 1. The zero-order valence-electron chi connectivity index (χ0n) is 12.6. The number of ether oxygens (including phenoxy) is 2. The predicted octanol–water partition coefficient (Wildman–Crippen LogP) is 0.776. The molecule has 0 atom stereocenters. The molecule has 0 saturated carbocycles. The van der Waals surface area contributed by atoms with Crippen molar-refractivity contribution in [2.45, 2.75) is 31.7 Å². The average molecular weight is 321 g/mol. The summed E-state index contributed by atoms with van der Waals surface area (Å²) in [6.45, 7) is 2.33. The Balaban J connectivity index is 2.16. The Morgan fingerprint density at radius 3 is 2.62 bits per heavy atom. The van der Waals surface area contributed by atoms with Crippen LogP contribution in [0.1, 0.15) is 25.7 Å². The minimum Gasteiger partial charge on any atom is -0.382 e. The van der Waals surface area contributed by atoms with Crippen LogP contribution in [-0.4, -0.2) is 68.7 Å². The van der Waals surface area contributed by atoms with Gasteiger partial charge in [0, 0.05) is 38.5 Å². The fourth-order valence-corrected chi connectivity index (χ4v) is 2.33. The quantitative estimate of drug-likeness (QED) is 0.503. The Morgan fingerprint density at radius 2 is 2.00 bits per heavy atom. The van der Waals surface area contributed by atoms with Crippen LogP contribution in [0.25, 0.3) is 0 Å². The van der Waals surface area contributed by atoms with Gasteiger partial charge in [-0.25, -0.2) is 0 Å². The molecule has 0 spiro atoms. The summed E-state index contributed by atoms with van der Waals surface area (Å²) in [6.07, 6.45) is 2.74. The number of hydrogen-bond acceptors (Lipinski definition) is 4. The van der Waals surface area contributed by atoms with Gasteiger partial charge in [0.1, 0.15) is 6.61 Å². The van der Waals surface area contributed by atoms with Crippen LogP contribution in [-0.2, 0) is 19.1 Å². The lowest BCUT2D eigenvalue weighted by atomic mass is 10.0. The van der Waals surface area contributed by atoms with Crippen LogP contribution in [0, 0.1) is 0 Å². The highest BCUT2D eigenvalue weighted by Gasteiger charge is 2.23. The van der Waals surface area contributed by atoms with E-state index in [-0.39, 0.29) is 24.5 Å². The molecular formula is C14H25ClN2O4. The summed E-state index contributed by atoms with van der Waals surface area (Å²) in [4.78, 5) is 25.3. The maximum atomic E-state index is 11.9. The van der Waals surface area contributed by atoms with Gasteiger partial charge in [0.15, 0.2) is 0 Å². The highest BCUT2D eigenvalue weighted by atomic mass is 35.5. The largest absolute Gasteiger partial charge is 0.382 e. The molecule has 1 N–H and O–H groups in total. The van der Waals surface area contributed by atoms with Gasteiger partial charge in [-0.05, 0) is 19.3 Å². The smallest absolute Gasteiger partial charge is 0.248 e. The first-order valence-corrected chi connectivity index (χ1v) is 7.90. The van der Waals surface area contributed by atoms with Gasteiger partial charge in [-0.3, -0.25) is 9.59 Å². The van der Waals surface area contributed by atoms with Crippen molar-refractivity contribution in [2.24, 2.45) is 0 Å². The van der Waals surface area contributed by atoms with Gasteiger partial charge in [0.05, 0.1) is 13.2 Å². The fraction of sp³-hybridized carbons (Fsp3) is 0.857. The number of carbonyl (C=O) groups is 2. The molecular weight excluding hydrogens is 296 g/mol. The van der Waals surface area contributed by atoms with E-state index in [1.54, 1.807) is 12.0 Å². The number of amides is 2. The van der Waals surface area contributed by atoms with E-state index in [0.29, 0.717) is 45.0 Å². The topological polar surface area (TPSA) is 67.9 Å². The molecule has 7 heteroatoms. The average Bonchev–Trinajstić information content (AvgIpc) is 2.50. The maximum absolute atomic E-state index is 11.9. The number of piperidine rings is 1. The molecule has 6 nitrogen and oxygen atoms in total. The third-order valence-corrected chi connectivity index (χ3v) is 3.67. The molecule has 1 aliphatic heterocycles. The predicted molar refractivity (Wildman–Crippen MR) is 80.4 cm³/mol. The molecule has 0 aromatic heterocycles. The van der Waals surface area contributed by atoms with E-state index in [4.69, 9.17) is 21.1 Å². The number of alkyl halides is 1. The fourth-order valence-electron chi connectivity index (χ4n) is 2.19. The molecule has 0 aliphatic carbocycles. The molecule has 0 aromatic rings. The first-order chi connectivity index (χ1) is 10.2. The minimum atomic E-state index is -0.00183. The van der Waals surface area contributed by atoms with E-state index in [9.17, 15) is 9.59 Å². The zero-order chi connectivity index (χ0) is 15.5. The summed E-state index contributed by atoms with van der Waals surface area (Å²) < 4.78 is 10.1. The number of carbonyl (C=O) groups excluding carboxylic acids is 2. The molecule has 0 radical (unpaired) electrons. The molecule has 21 heavy (non-hydrogen) atoms. The monoisotopic (exact) mass is 320 g/mol. The van der Waals surface area contributed by atoms with Gasteiger partial charge < -0.3 is 19.7 Å². The lowest BCUT2D eigenvalue weighted by Gasteiger charge is -2.32. The number of halogens is 1. The number of rotatable bonds is 9. The van der Waals surface area contributed by atoms with Crippen LogP contribution in [0.4, 0.5) is 0 Å². The SMILES string of the molecule is COCCOCC(=O)N1CCC(NC(=O)CCCCl)CC1. The zero-order valence-corrected chi connectivity index (χ0v) is 13.4. The van der Waals surface area contributed by atoms with Crippen LogP contribution < -0.4 is 5.32 Å². The van der Waals surface area contributed by atoms with Crippen LogP contribution in [0.15, 0.2) is 0 Å². The Kier molecular flexibility index (Phi) is 9.37. The van der Waals surface area contributed by atoms with Crippen molar-refractivity contribution in [1.82, 2.24) is 10.2 Å². The highest BCUT2D eigenvalue weighted by Crippen LogP contribution is 2.11. The number of likely N-dealkylation sites (tertiary alicyclic amines) is 1. The molecule has 1 heterocycles. The van der Waals surface area contributed by atoms with E-state index in [2.05, 4.69) is 5.32 Å². The molecule has 0 aromatic carbocycles. The van der Waals surface area contributed by atoms with Crippen LogP contribution in [0.3, 0.4) is 0 Å². The van der Waals surface area contributed by atoms with Gasteiger partial charge in [-0.15, -0.1) is 11.6 Å². The van der Waals surface area contributed by atoms with Crippen molar-refractivity contribution in [2.75, 3.05) is 45.9 Å². The lowest BCUT2D eigenvalue weighted by molar-refractivity contribution is -0.137. The molecule has 1 rings (SSSR count). The molecule has 1 fully saturated rings. The van der Waals surface area contributed by atoms with Gasteiger partial charge in [-0.2, -0.15) is 0 Å². The second kappa shape index (κ2) is 10.8. The normalized spacial score (nSPS) is 16.0. The van der Waals surface area contributed by atoms with Crippen molar-refractivity contribution >= 4 is 23.4 Å². The Hall–Kier alpha value is -0.850. The summed E-state index contributed by atoms with van der Waals surface area (Å²) in [5.74, 6) is 0.546. The molecule has 2 amide bonds. The van der Waals surface area contributed by atoms with Gasteiger partial charge in [0.2, 0.25) is 11.8 Å². The Bertz CT molecular complexity index is 320. The van der Waals surface area contributed by atoms with E-state index < -0.39 is 0 Å². The lowest BCUT2D eigenvalue weighted by Crippen LogP contribution is -2.47. The third kappa shape index (κ3) is 7.64. The molecule has 0 bridgehead atoms. The van der Waals surface area contributed by atoms with Gasteiger partial charge >= 0.3 is 0 Å². The minimum absolute atomic E-state index is 0.00183. The number of nitrogens with one attached hydrogen (secondary N) is 1. The van der Waals surface area contributed by atoms with Crippen molar-refractivity contribution in [1.29, 1.82) is 0 Å². The van der Waals surface area contributed by atoms with Gasteiger partial charge in [0.25, 0.3) is 0 Å². The first-order valence-electron chi connectivity index (χ1n) is 7.37. The molecule has 122 valence electrons. The summed E-state index contributed by atoms with van der Waals surface area (Å²) >= 11 is 5.56. The van der Waals surface area contributed by atoms with E-state index in [0.717, 1.165) is 12.8 Å². The van der Waals surface area contributed by atoms with Crippen LogP contribution in [0.5, 0.6) is 0 Å². The standard InChI is InChI=1S/C14H25ClN2O4/c1-20-9-10-21-11-14(19)17-7-4-12(5-8-17)16-13(18)3-2-6-15/h12H,2-11H2,1H3,(H,16,18). The Labute approximate surface area is 131 Å². The maximum Gasteiger partial charge on any atom is 0.248 e. The second-order valence-electron chi connectivity index (χ2n) is 5.06. The van der Waals surface area contributed by atoms with Gasteiger partial charge in [-0.1, -0.05) is 0 Å². The van der Waals surface area contributed by atoms with Crippen LogP contribution >= 0.6 is 11.6 Å². The van der Waals surface area contributed by atoms with Crippen molar-refractivity contribution in [3.8, 4) is 0 Å². The van der Waals surface area contributed by atoms with Crippen molar-refractivity contribution in [3.63, 3.8) is 0 Å². The molecule has 0 unspecified atom stereocenters. The third-order valence-electron chi connectivity index (χ3n) is 3.41. The molecule has 1 aliphatic rings. The summed E-state index contributed by atoms with van der Waals surface area (Å²) in [5.41, 5.74) is 0. The van der Waals surface area contributed by atoms with E-state index >= 15 is 0 Å². The summed E-state index contributed by atoms with van der Waals surface area (Å²) in [6, 6.07) is 0.159. The molecule has 1 saturated heterocycles. The summed E-state index contributed by atoms with van der Waals surface area (Å²) in [5, 5.41) is 2.99. The van der Waals surface area contributed by atoms with E-state index in [1.165, 1.54) is 0 Å². The van der Waals surface area contributed by atoms with Crippen LogP contribution in [0.2, 0.25) is 0 Å². The van der Waals surface area contributed by atoms with Crippen molar-refractivity contribution in [3.05, 3.63) is 0 Å². The number of methoxy groups -OCH3 is 1. The van der Waals surface area contributed by atoms with Crippen molar-refractivity contribution < 1.29 is 19.1 Å². The van der Waals surface area contributed by atoms with E-state index in [1.807, 2.05) is 0 Å².